The SMILES string of the molecule is Cc1ccc(-c2ccc(C(=O)N3CCC4(CC3)CC4C(=O)NCCCn3ccnc3)cc2)o1. The number of amides is 2. The van der Waals surface area contributed by atoms with E-state index in [0.29, 0.717) is 25.2 Å². The molecule has 33 heavy (non-hydrogen) atoms. The number of likely N-dealkylation sites (tertiary alicyclic amines) is 1. The van der Waals surface area contributed by atoms with Gasteiger partial charge >= 0.3 is 0 Å². The quantitative estimate of drug-likeness (QED) is 0.558. The highest BCUT2D eigenvalue weighted by Crippen LogP contribution is 2.59. The Morgan fingerprint density at radius 3 is 2.61 bits per heavy atom. The Labute approximate surface area is 193 Å². The van der Waals surface area contributed by atoms with Crippen LogP contribution in [0.2, 0.25) is 0 Å². The van der Waals surface area contributed by atoms with E-state index in [1.165, 1.54) is 0 Å². The Hall–Kier alpha value is -3.35. The van der Waals surface area contributed by atoms with Gasteiger partial charge in [-0.2, -0.15) is 0 Å². The molecule has 1 aliphatic heterocycles. The van der Waals surface area contributed by atoms with Gasteiger partial charge in [0.05, 0.1) is 6.33 Å². The second kappa shape index (κ2) is 8.89. The summed E-state index contributed by atoms with van der Waals surface area (Å²) in [6, 6.07) is 11.5. The highest BCUT2D eigenvalue weighted by atomic mass is 16.3. The summed E-state index contributed by atoms with van der Waals surface area (Å²) in [6.45, 7) is 4.88. The van der Waals surface area contributed by atoms with E-state index in [1.54, 1.807) is 12.5 Å². The van der Waals surface area contributed by atoms with Crippen LogP contribution in [0, 0.1) is 18.3 Å². The molecule has 5 rings (SSSR count). The van der Waals surface area contributed by atoms with Crippen LogP contribution in [-0.2, 0) is 11.3 Å². The van der Waals surface area contributed by atoms with E-state index >= 15 is 0 Å². The molecule has 1 saturated heterocycles. The predicted octanol–water partition coefficient (Wildman–Crippen LogP) is 3.90. The molecule has 0 bridgehead atoms. The molecule has 1 spiro atoms. The summed E-state index contributed by atoms with van der Waals surface area (Å²) in [5, 5.41) is 3.10. The molecule has 1 unspecified atom stereocenters. The van der Waals surface area contributed by atoms with Gasteiger partial charge < -0.3 is 19.2 Å². The zero-order valence-corrected chi connectivity index (χ0v) is 19.0. The van der Waals surface area contributed by atoms with Gasteiger partial charge in [-0.05, 0) is 62.3 Å². The lowest BCUT2D eigenvalue weighted by Crippen LogP contribution is -2.40. The number of nitrogens with one attached hydrogen (secondary N) is 1. The summed E-state index contributed by atoms with van der Waals surface area (Å²) in [5.41, 5.74) is 1.75. The predicted molar refractivity (Wildman–Crippen MR) is 124 cm³/mol. The van der Waals surface area contributed by atoms with Crippen LogP contribution < -0.4 is 5.32 Å². The van der Waals surface area contributed by atoms with E-state index in [4.69, 9.17) is 4.42 Å². The summed E-state index contributed by atoms with van der Waals surface area (Å²) in [5.74, 6) is 2.01. The van der Waals surface area contributed by atoms with E-state index < -0.39 is 0 Å². The Morgan fingerprint density at radius 2 is 1.94 bits per heavy atom. The fraction of sp³-hybridized carbons (Fsp3) is 0.423. The zero-order chi connectivity index (χ0) is 22.8. The molecule has 0 radical (unpaired) electrons. The van der Waals surface area contributed by atoms with E-state index in [0.717, 1.165) is 49.3 Å². The minimum absolute atomic E-state index is 0.0631. The van der Waals surface area contributed by atoms with Gasteiger partial charge in [0.15, 0.2) is 0 Å². The van der Waals surface area contributed by atoms with Gasteiger partial charge in [0.25, 0.3) is 5.91 Å². The molecule has 3 heterocycles. The van der Waals surface area contributed by atoms with Crippen molar-refractivity contribution in [2.24, 2.45) is 11.3 Å². The molecule has 2 fully saturated rings. The van der Waals surface area contributed by atoms with E-state index in [1.807, 2.05) is 59.0 Å². The Morgan fingerprint density at radius 1 is 1.15 bits per heavy atom. The molecule has 7 heteroatoms. The number of furan rings is 1. The molecular weight excluding hydrogens is 416 g/mol. The number of nitrogens with zero attached hydrogens (tertiary/aromatic N) is 3. The van der Waals surface area contributed by atoms with Crippen LogP contribution in [-0.4, -0.2) is 45.9 Å². The average Bonchev–Trinajstić information content (AvgIpc) is 3.17. The van der Waals surface area contributed by atoms with Crippen molar-refractivity contribution >= 4 is 11.8 Å². The lowest BCUT2D eigenvalue weighted by molar-refractivity contribution is -0.123. The standard InChI is InChI=1S/C26H30N4O3/c1-19-3-8-23(33-19)20-4-6-21(7-5-20)25(32)30-14-9-26(10-15-30)17-22(26)24(31)28-11-2-13-29-16-12-27-18-29/h3-8,12,16,18,22H,2,9-11,13-15,17H2,1H3,(H,28,31). The zero-order valence-electron chi connectivity index (χ0n) is 19.0. The second-order valence-electron chi connectivity index (χ2n) is 9.34. The third kappa shape index (κ3) is 4.58. The van der Waals surface area contributed by atoms with Gasteiger partial charge in [0, 0.05) is 55.6 Å². The number of carbonyl (C=O) groups is 2. The third-order valence-electron chi connectivity index (χ3n) is 7.16. The van der Waals surface area contributed by atoms with Crippen molar-refractivity contribution in [3.05, 3.63) is 66.4 Å². The van der Waals surface area contributed by atoms with Gasteiger partial charge in [0.1, 0.15) is 11.5 Å². The first-order valence-electron chi connectivity index (χ1n) is 11.7. The molecular formula is C26H30N4O3. The summed E-state index contributed by atoms with van der Waals surface area (Å²) in [6.07, 6.45) is 9.12. The number of benzene rings is 1. The Bertz CT molecular complexity index is 1110. The number of imidazole rings is 1. The maximum Gasteiger partial charge on any atom is 0.253 e. The summed E-state index contributed by atoms with van der Waals surface area (Å²) < 4.78 is 7.68. The lowest BCUT2D eigenvalue weighted by atomic mass is 9.90. The molecule has 1 saturated carbocycles. The lowest BCUT2D eigenvalue weighted by Gasteiger charge is -2.33. The van der Waals surface area contributed by atoms with Crippen molar-refractivity contribution < 1.29 is 14.0 Å². The first-order valence-corrected chi connectivity index (χ1v) is 11.7. The molecule has 3 aromatic rings. The van der Waals surface area contributed by atoms with Gasteiger partial charge in [-0.15, -0.1) is 0 Å². The molecule has 2 aliphatic rings. The van der Waals surface area contributed by atoms with Gasteiger partial charge in [-0.3, -0.25) is 9.59 Å². The number of hydrogen-bond donors (Lipinski definition) is 1. The van der Waals surface area contributed by atoms with Crippen molar-refractivity contribution in [2.75, 3.05) is 19.6 Å². The molecule has 1 N–H and O–H groups in total. The molecule has 7 nitrogen and oxygen atoms in total. The van der Waals surface area contributed by atoms with Crippen molar-refractivity contribution in [3.8, 4) is 11.3 Å². The van der Waals surface area contributed by atoms with Crippen LogP contribution in [0.3, 0.4) is 0 Å². The minimum Gasteiger partial charge on any atom is -0.461 e. The first-order chi connectivity index (χ1) is 16.0. The maximum atomic E-state index is 13.0. The minimum atomic E-state index is 0.0631. The van der Waals surface area contributed by atoms with Crippen molar-refractivity contribution in [1.82, 2.24) is 19.8 Å². The van der Waals surface area contributed by atoms with Crippen LogP contribution in [0.25, 0.3) is 11.3 Å². The summed E-state index contributed by atoms with van der Waals surface area (Å²) in [7, 11) is 0. The smallest absolute Gasteiger partial charge is 0.253 e. The normalized spacial score (nSPS) is 18.9. The molecule has 2 aromatic heterocycles. The molecule has 1 aliphatic carbocycles. The number of aryl methyl sites for hydroxylation is 2. The largest absolute Gasteiger partial charge is 0.461 e. The second-order valence-corrected chi connectivity index (χ2v) is 9.34. The molecule has 2 amide bonds. The van der Waals surface area contributed by atoms with E-state index in [-0.39, 0.29) is 23.1 Å². The number of rotatable bonds is 7. The fourth-order valence-corrected chi connectivity index (χ4v) is 4.99. The summed E-state index contributed by atoms with van der Waals surface area (Å²) >= 11 is 0. The van der Waals surface area contributed by atoms with E-state index in [2.05, 4.69) is 10.3 Å². The Balaban J connectivity index is 1.08. The monoisotopic (exact) mass is 446 g/mol. The van der Waals surface area contributed by atoms with Crippen molar-refractivity contribution in [2.45, 2.75) is 39.2 Å². The van der Waals surface area contributed by atoms with Gasteiger partial charge in [0.2, 0.25) is 5.91 Å². The number of hydrogen-bond acceptors (Lipinski definition) is 4. The van der Waals surface area contributed by atoms with Crippen LogP contribution in [0.1, 0.15) is 41.8 Å². The van der Waals surface area contributed by atoms with E-state index in [9.17, 15) is 9.59 Å². The highest BCUT2D eigenvalue weighted by Gasteiger charge is 2.58. The average molecular weight is 447 g/mol. The maximum absolute atomic E-state index is 13.0. The van der Waals surface area contributed by atoms with Crippen LogP contribution in [0.5, 0.6) is 0 Å². The molecule has 1 atom stereocenters. The van der Waals surface area contributed by atoms with Crippen molar-refractivity contribution in [3.63, 3.8) is 0 Å². The van der Waals surface area contributed by atoms with Gasteiger partial charge in [-0.25, -0.2) is 4.98 Å². The van der Waals surface area contributed by atoms with Crippen molar-refractivity contribution in [1.29, 1.82) is 0 Å². The number of aromatic nitrogens is 2. The number of carbonyl (C=O) groups excluding carboxylic acids is 2. The highest BCUT2D eigenvalue weighted by molar-refractivity contribution is 5.94. The van der Waals surface area contributed by atoms with Gasteiger partial charge in [-0.1, -0.05) is 12.1 Å². The summed E-state index contributed by atoms with van der Waals surface area (Å²) in [4.78, 5) is 31.6. The number of piperidine rings is 1. The topological polar surface area (TPSA) is 80.4 Å². The molecule has 172 valence electrons. The molecule has 1 aromatic carbocycles. The van der Waals surface area contributed by atoms with Crippen LogP contribution in [0.4, 0.5) is 0 Å². The fourth-order valence-electron chi connectivity index (χ4n) is 4.99. The third-order valence-corrected chi connectivity index (χ3v) is 7.16. The van der Waals surface area contributed by atoms with Crippen LogP contribution in [0.15, 0.2) is 59.5 Å². The van der Waals surface area contributed by atoms with Crippen LogP contribution >= 0.6 is 0 Å². The Kier molecular flexibility index (Phi) is 5.79. The first kappa shape index (κ1) is 21.5.